The summed E-state index contributed by atoms with van der Waals surface area (Å²) >= 11 is 3.31. The van der Waals surface area contributed by atoms with E-state index in [0.29, 0.717) is 17.0 Å². The Bertz CT molecular complexity index is 891. The average molecular weight is 385 g/mol. The van der Waals surface area contributed by atoms with E-state index in [-0.39, 0.29) is 5.75 Å². The molecule has 0 spiro atoms. The molecule has 3 aromatic rings. The molecule has 0 fully saturated rings. The van der Waals surface area contributed by atoms with Crippen molar-refractivity contribution >= 4 is 28.1 Å². The molecule has 7 heteroatoms. The molecule has 120 valence electrons. The highest BCUT2D eigenvalue weighted by molar-refractivity contribution is 9.10. The van der Waals surface area contributed by atoms with Crippen LogP contribution < -0.4 is 5.43 Å². The number of carbonyl (C=O) groups excluding carboxylic acids is 1. The van der Waals surface area contributed by atoms with Crippen LogP contribution in [0, 0.1) is 0 Å². The van der Waals surface area contributed by atoms with Gasteiger partial charge in [0, 0.05) is 15.6 Å². The van der Waals surface area contributed by atoms with E-state index >= 15 is 0 Å². The minimum Gasteiger partial charge on any atom is -0.507 e. The van der Waals surface area contributed by atoms with Crippen molar-refractivity contribution in [3.8, 4) is 17.0 Å². The van der Waals surface area contributed by atoms with Gasteiger partial charge in [0.2, 0.25) is 0 Å². The van der Waals surface area contributed by atoms with E-state index in [1.54, 1.807) is 18.2 Å². The van der Waals surface area contributed by atoms with Crippen LogP contribution in [-0.2, 0) is 0 Å². The largest absolute Gasteiger partial charge is 0.507 e. The molecule has 0 saturated carbocycles. The van der Waals surface area contributed by atoms with Crippen LogP contribution in [-0.4, -0.2) is 27.4 Å². The van der Waals surface area contributed by atoms with E-state index in [1.165, 1.54) is 12.3 Å². The lowest BCUT2D eigenvalue weighted by molar-refractivity contribution is 0.0950. The number of phenolic OH excluding ortho intramolecular Hbond substituents is 1. The lowest BCUT2D eigenvalue weighted by Crippen LogP contribution is -2.18. The quantitative estimate of drug-likeness (QED) is 0.476. The second kappa shape index (κ2) is 7.10. The van der Waals surface area contributed by atoms with Crippen molar-refractivity contribution in [1.82, 2.24) is 15.6 Å². The van der Waals surface area contributed by atoms with Crippen molar-refractivity contribution in [2.75, 3.05) is 0 Å². The summed E-state index contributed by atoms with van der Waals surface area (Å²) in [6, 6.07) is 16.1. The number of aromatic amines is 1. The Morgan fingerprint density at radius 2 is 2.00 bits per heavy atom. The monoisotopic (exact) mass is 384 g/mol. The third-order valence-electron chi connectivity index (χ3n) is 3.25. The molecule has 2 aromatic carbocycles. The molecule has 1 aromatic heterocycles. The first-order valence-corrected chi connectivity index (χ1v) is 7.85. The molecule has 3 N–H and O–H groups in total. The smallest absolute Gasteiger partial charge is 0.289 e. The van der Waals surface area contributed by atoms with Crippen LogP contribution in [0.15, 0.2) is 64.2 Å². The van der Waals surface area contributed by atoms with Gasteiger partial charge in [0.05, 0.1) is 11.9 Å². The van der Waals surface area contributed by atoms with Gasteiger partial charge in [-0.2, -0.15) is 10.2 Å². The number of benzene rings is 2. The van der Waals surface area contributed by atoms with E-state index in [4.69, 9.17) is 0 Å². The SMILES string of the molecule is O=C(N/N=C\c1cc(Br)ccc1O)c1cc(-c2ccccc2)n[nH]1. The number of amides is 1. The maximum absolute atomic E-state index is 12.1. The van der Waals surface area contributed by atoms with Crippen molar-refractivity contribution in [2.45, 2.75) is 0 Å². The number of carbonyl (C=O) groups is 1. The van der Waals surface area contributed by atoms with Crippen LogP contribution in [0.5, 0.6) is 5.75 Å². The molecule has 3 rings (SSSR count). The average Bonchev–Trinajstić information content (AvgIpc) is 3.09. The molecule has 0 aliphatic rings. The highest BCUT2D eigenvalue weighted by Gasteiger charge is 2.10. The number of nitrogens with zero attached hydrogens (tertiary/aromatic N) is 2. The predicted octanol–water partition coefficient (Wildman–Crippen LogP) is 3.31. The molecule has 0 atom stereocenters. The fourth-order valence-corrected chi connectivity index (χ4v) is 2.42. The van der Waals surface area contributed by atoms with Crippen molar-refractivity contribution in [2.24, 2.45) is 5.10 Å². The fourth-order valence-electron chi connectivity index (χ4n) is 2.04. The van der Waals surface area contributed by atoms with Gasteiger partial charge in [0.15, 0.2) is 0 Å². The van der Waals surface area contributed by atoms with E-state index in [2.05, 4.69) is 36.7 Å². The number of halogens is 1. The van der Waals surface area contributed by atoms with Crippen molar-refractivity contribution in [3.05, 3.63) is 70.3 Å². The maximum atomic E-state index is 12.1. The van der Waals surface area contributed by atoms with Gasteiger partial charge in [-0.1, -0.05) is 46.3 Å². The first kappa shape index (κ1) is 15.9. The van der Waals surface area contributed by atoms with E-state index in [1.807, 2.05) is 30.3 Å². The Labute approximate surface area is 146 Å². The van der Waals surface area contributed by atoms with Gasteiger partial charge < -0.3 is 5.11 Å². The van der Waals surface area contributed by atoms with Gasteiger partial charge in [-0.15, -0.1) is 0 Å². The second-order valence-corrected chi connectivity index (χ2v) is 5.85. The molecule has 1 amide bonds. The van der Waals surface area contributed by atoms with Crippen molar-refractivity contribution in [3.63, 3.8) is 0 Å². The summed E-state index contributed by atoms with van der Waals surface area (Å²) in [5.41, 5.74) is 4.76. The van der Waals surface area contributed by atoms with Gasteiger partial charge in [-0.3, -0.25) is 9.89 Å². The minimum absolute atomic E-state index is 0.0732. The molecule has 0 aliphatic carbocycles. The van der Waals surface area contributed by atoms with E-state index in [0.717, 1.165) is 10.0 Å². The zero-order valence-corrected chi connectivity index (χ0v) is 14.0. The normalized spacial score (nSPS) is 10.9. The van der Waals surface area contributed by atoms with E-state index < -0.39 is 5.91 Å². The number of H-pyrrole nitrogens is 1. The summed E-state index contributed by atoms with van der Waals surface area (Å²) in [4.78, 5) is 12.1. The van der Waals surface area contributed by atoms with Gasteiger partial charge in [0.1, 0.15) is 11.4 Å². The van der Waals surface area contributed by atoms with Gasteiger partial charge >= 0.3 is 0 Å². The molecule has 0 saturated heterocycles. The van der Waals surface area contributed by atoms with Crippen LogP contribution in [0.25, 0.3) is 11.3 Å². The number of hydrogen-bond donors (Lipinski definition) is 3. The molecule has 0 radical (unpaired) electrons. The summed E-state index contributed by atoms with van der Waals surface area (Å²) < 4.78 is 0.800. The first-order chi connectivity index (χ1) is 11.6. The standard InChI is InChI=1S/C17H13BrN4O2/c18-13-6-7-16(23)12(8-13)10-19-22-17(24)15-9-14(20-21-15)11-4-2-1-3-5-11/h1-10,23H,(H,20,21)(H,22,24)/b19-10-. The van der Waals surface area contributed by atoms with Crippen molar-refractivity contribution in [1.29, 1.82) is 0 Å². The Kier molecular flexibility index (Phi) is 4.72. The molecule has 0 aliphatic heterocycles. The Morgan fingerprint density at radius 1 is 1.21 bits per heavy atom. The molecular formula is C17H13BrN4O2. The third-order valence-corrected chi connectivity index (χ3v) is 3.74. The summed E-state index contributed by atoms with van der Waals surface area (Å²) in [7, 11) is 0. The summed E-state index contributed by atoms with van der Waals surface area (Å²) in [6.07, 6.45) is 1.37. The zero-order valence-electron chi connectivity index (χ0n) is 12.4. The maximum Gasteiger partial charge on any atom is 0.289 e. The second-order valence-electron chi connectivity index (χ2n) is 4.94. The Hall–Kier alpha value is -2.93. The molecule has 0 unspecified atom stereocenters. The lowest BCUT2D eigenvalue weighted by Gasteiger charge is -1.99. The highest BCUT2D eigenvalue weighted by atomic mass is 79.9. The zero-order chi connectivity index (χ0) is 16.9. The number of phenols is 1. The van der Waals surface area contributed by atoms with Crippen LogP contribution in [0.3, 0.4) is 0 Å². The minimum atomic E-state index is -0.421. The Balaban J connectivity index is 1.68. The number of aromatic hydroxyl groups is 1. The third kappa shape index (κ3) is 3.69. The van der Waals surface area contributed by atoms with Crippen LogP contribution in [0.1, 0.15) is 16.1 Å². The first-order valence-electron chi connectivity index (χ1n) is 7.06. The number of rotatable bonds is 4. The van der Waals surface area contributed by atoms with Crippen LogP contribution in [0.4, 0.5) is 0 Å². The fraction of sp³-hybridized carbons (Fsp3) is 0. The predicted molar refractivity (Wildman–Crippen MR) is 94.9 cm³/mol. The number of aromatic nitrogens is 2. The van der Waals surface area contributed by atoms with E-state index in [9.17, 15) is 9.90 Å². The molecule has 24 heavy (non-hydrogen) atoms. The van der Waals surface area contributed by atoms with Crippen LogP contribution in [0.2, 0.25) is 0 Å². The summed E-state index contributed by atoms with van der Waals surface area (Å²) in [5.74, 6) is -0.348. The van der Waals surface area contributed by atoms with Gasteiger partial charge in [0.25, 0.3) is 5.91 Å². The van der Waals surface area contributed by atoms with Crippen LogP contribution >= 0.6 is 15.9 Å². The molecule has 6 nitrogen and oxygen atoms in total. The lowest BCUT2D eigenvalue weighted by atomic mass is 10.1. The van der Waals surface area contributed by atoms with Gasteiger partial charge in [-0.25, -0.2) is 5.43 Å². The van der Waals surface area contributed by atoms with Crippen molar-refractivity contribution < 1.29 is 9.90 Å². The molecule has 1 heterocycles. The number of nitrogens with one attached hydrogen (secondary N) is 2. The number of hydrazone groups is 1. The molecule has 0 bridgehead atoms. The number of hydrogen-bond acceptors (Lipinski definition) is 4. The van der Waals surface area contributed by atoms with Gasteiger partial charge in [-0.05, 0) is 24.3 Å². The highest BCUT2D eigenvalue weighted by Crippen LogP contribution is 2.20. The summed E-state index contributed by atoms with van der Waals surface area (Å²) in [5, 5.41) is 20.4. The summed E-state index contributed by atoms with van der Waals surface area (Å²) in [6.45, 7) is 0. The molecular weight excluding hydrogens is 372 g/mol. The topological polar surface area (TPSA) is 90.4 Å². The Morgan fingerprint density at radius 3 is 2.79 bits per heavy atom.